The summed E-state index contributed by atoms with van der Waals surface area (Å²) in [7, 11) is 0. The molecule has 0 unspecified atom stereocenters. The Hall–Kier alpha value is -5.82. The molecule has 4 fully saturated rings. The quantitative estimate of drug-likeness (QED) is 0.0635. The van der Waals surface area contributed by atoms with Gasteiger partial charge in [0.15, 0.2) is 0 Å². The van der Waals surface area contributed by atoms with Crippen LogP contribution < -0.4 is 9.47 Å². The first-order valence-corrected chi connectivity index (χ1v) is 24.4. The van der Waals surface area contributed by atoms with Crippen LogP contribution in [-0.2, 0) is 19.2 Å². The number of carboxylic acids is 4. The lowest BCUT2D eigenvalue weighted by Gasteiger charge is -2.40. The fraction of sp³-hybridized carbons (Fsp3) is 0.560. The number of rotatable bonds is 18. The zero-order valence-corrected chi connectivity index (χ0v) is 39.4. The van der Waals surface area contributed by atoms with Crippen molar-refractivity contribution in [1.29, 1.82) is 0 Å². The minimum absolute atomic E-state index is 0.558. The van der Waals surface area contributed by atoms with E-state index < -0.39 is 23.9 Å². The van der Waals surface area contributed by atoms with E-state index in [4.69, 9.17) is 29.9 Å². The van der Waals surface area contributed by atoms with Gasteiger partial charge in [0.2, 0.25) is 11.8 Å². The Labute approximate surface area is 399 Å². The summed E-state index contributed by atoms with van der Waals surface area (Å²) in [6.45, 7) is 13.9. The molecule has 4 aliphatic rings. The molecule has 18 nitrogen and oxygen atoms in total. The molecule has 0 bridgehead atoms. The highest BCUT2D eigenvalue weighted by Crippen LogP contribution is 2.25. The second-order valence-corrected chi connectivity index (χ2v) is 17.6. The molecule has 0 radical (unpaired) electrons. The van der Waals surface area contributed by atoms with E-state index in [0.29, 0.717) is 24.3 Å². The van der Waals surface area contributed by atoms with Crippen LogP contribution in [0.5, 0.6) is 11.8 Å². The van der Waals surface area contributed by atoms with E-state index in [9.17, 15) is 19.2 Å². The molecule has 68 heavy (non-hydrogen) atoms. The summed E-state index contributed by atoms with van der Waals surface area (Å²) >= 11 is 0. The molecule has 372 valence electrons. The Morgan fingerprint density at radius 1 is 0.500 bits per heavy atom. The van der Waals surface area contributed by atoms with Gasteiger partial charge < -0.3 is 39.7 Å². The highest BCUT2D eigenvalue weighted by atomic mass is 16.5. The van der Waals surface area contributed by atoms with Crippen molar-refractivity contribution in [3.63, 3.8) is 0 Å². The third kappa shape index (κ3) is 20.2. The number of aromatic nitrogens is 4. The maximum atomic E-state index is 9.55. The van der Waals surface area contributed by atoms with Gasteiger partial charge in [-0.25, -0.2) is 28.2 Å². The maximum Gasteiger partial charge on any atom is 0.328 e. The van der Waals surface area contributed by atoms with Crippen LogP contribution in [0.1, 0.15) is 89.9 Å². The van der Waals surface area contributed by atoms with Crippen LogP contribution in [0.25, 0.3) is 11.0 Å². The van der Waals surface area contributed by atoms with Crippen LogP contribution in [0.3, 0.4) is 0 Å². The molecule has 0 atom stereocenters. The van der Waals surface area contributed by atoms with E-state index in [2.05, 4.69) is 29.8 Å². The summed E-state index contributed by atoms with van der Waals surface area (Å²) in [6.07, 6.45) is 25.1. The van der Waals surface area contributed by atoms with Crippen molar-refractivity contribution in [3.05, 3.63) is 85.2 Å². The normalized spacial score (nSPS) is 18.0. The third-order valence-electron chi connectivity index (χ3n) is 12.7. The second kappa shape index (κ2) is 29.8. The van der Waals surface area contributed by atoms with Crippen molar-refractivity contribution in [2.45, 2.75) is 102 Å². The van der Waals surface area contributed by atoms with Gasteiger partial charge in [-0.3, -0.25) is 9.80 Å². The number of hydrogen-bond acceptors (Lipinski definition) is 12. The number of carbonyl (C=O) groups is 4. The van der Waals surface area contributed by atoms with Crippen LogP contribution in [-0.4, -0.2) is 174 Å². The van der Waals surface area contributed by atoms with Gasteiger partial charge in [-0.15, -0.1) is 10.2 Å². The van der Waals surface area contributed by atoms with E-state index >= 15 is 0 Å². The molecule has 4 aromatic heterocycles. The SMILES string of the molecule is O=C(O)/C=C\C(=O)O.O=C(O)/C=C\C(=O)O.c1ccn2nc(OCCCCN3CCN(C4CCCCC4)CC3)cc2c1.c1ccn2nc(OCCCCN3CCN(C4CCCCC4)CC3)cc2c1. The van der Waals surface area contributed by atoms with Gasteiger partial charge in [-0.1, -0.05) is 50.7 Å². The molecule has 4 N–H and O–H groups in total. The molecule has 6 heterocycles. The molecule has 2 aliphatic carbocycles. The molecular formula is C50H72N8O10. The van der Waals surface area contributed by atoms with Crippen molar-refractivity contribution in [1.82, 2.24) is 38.8 Å². The summed E-state index contributed by atoms with van der Waals surface area (Å²) in [5, 5.41) is 40.1. The summed E-state index contributed by atoms with van der Waals surface area (Å²) in [5.74, 6) is -3.56. The topological polar surface area (TPSA) is 215 Å². The zero-order valence-electron chi connectivity index (χ0n) is 39.4. The van der Waals surface area contributed by atoms with E-state index in [1.165, 1.54) is 142 Å². The fourth-order valence-corrected chi connectivity index (χ4v) is 9.08. The molecule has 0 spiro atoms. The first-order chi connectivity index (χ1) is 33.0. The van der Waals surface area contributed by atoms with Crippen LogP contribution in [0.2, 0.25) is 0 Å². The van der Waals surface area contributed by atoms with Gasteiger partial charge in [-0.2, -0.15) is 0 Å². The highest BCUT2D eigenvalue weighted by molar-refractivity contribution is 5.90. The van der Waals surface area contributed by atoms with Crippen molar-refractivity contribution < 1.29 is 49.1 Å². The molecule has 0 amide bonds. The number of piperazine rings is 2. The molecule has 18 heteroatoms. The van der Waals surface area contributed by atoms with Crippen LogP contribution >= 0.6 is 0 Å². The van der Waals surface area contributed by atoms with Gasteiger partial charge in [-0.05, 0) is 88.7 Å². The van der Waals surface area contributed by atoms with Gasteiger partial charge in [0.05, 0.1) is 24.2 Å². The highest BCUT2D eigenvalue weighted by Gasteiger charge is 2.26. The zero-order chi connectivity index (χ0) is 48.4. The predicted octanol–water partition coefficient (Wildman–Crippen LogP) is 6.31. The largest absolute Gasteiger partial charge is 0.478 e. The number of unbranched alkanes of at least 4 members (excludes halogenated alkanes) is 2. The number of pyridine rings is 2. The molecule has 4 aromatic rings. The van der Waals surface area contributed by atoms with Crippen LogP contribution in [0.4, 0.5) is 0 Å². The lowest BCUT2D eigenvalue weighted by atomic mass is 9.94. The summed E-state index contributed by atoms with van der Waals surface area (Å²) < 4.78 is 15.4. The number of nitrogens with zero attached hydrogens (tertiary/aromatic N) is 8. The fourth-order valence-electron chi connectivity index (χ4n) is 9.08. The number of carboxylic acid groups (broad SMARTS) is 4. The molecular weight excluding hydrogens is 873 g/mol. The number of ether oxygens (including phenoxy) is 2. The summed E-state index contributed by atoms with van der Waals surface area (Å²) in [4.78, 5) is 49.0. The maximum absolute atomic E-state index is 9.55. The number of fused-ring (bicyclic) bond motifs is 2. The molecule has 2 saturated carbocycles. The van der Waals surface area contributed by atoms with Crippen LogP contribution in [0.15, 0.2) is 85.2 Å². The van der Waals surface area contributed by atoms with Crippen LogP contribution in [0, 0.1) is 0 Å². The van der Waals surface area contributed by atoms with E-state index in [1.807, 2.05) is 70.0 Å². The molecule has 2 aliphatic heterocycles. The summed E-state index contributed by atoms with van der Waals surface area (Å²) in [5.41, 5.74) is 2.16. The minimum Gasteiger partial charge on any atom is -0.478 e. The minimum atomic E-state index is -1.26. The molecule has 0 aromatic carbocycles. The predicted molar refractivity (Wildman–Crippen MR) is 258 cm³/mol. The molecule has 8 rings (SSSR count). The van der Waals surface area contributed by atoms with Crippen molar-refractivity contribution in [3.8, 4) is 11.8 Å². The third-order valence-corrected chi connectivity index (χ3v) is 12.7. The smallest absolute Gasteiger partial charge is 0.328 e. The Morgan fingerprint density at radius 2 is 0.853 bits per heavy atom. The Bertz CT molecular complexity index is 1910. The Morgan fingerprint density at radius 3 is 1.18 bits per heavy atom. The number of aliphatic carboxylic acids is 4. The van der Waals surface area contributed by atoms with Crippen molar-refractivity contribution in [2.75, 3.05) is 78.7 Å². The Balaban J connectivity index is 0.000000194. The first kappa shape index (κ1) is 53.1. The summed E-state index contributed by atoms with van der Waals surface area (Å²) in [6, 6.07) is 17.9. The van der Waals surface area contributed by atoms with Gasteiger partial charge >= 0.3 is 23.9 Å². The average Bonchev–Trinajstić information content (AvgIpc) is 3.98. The van der Waals surface area contributed by atoms with E-state index in [0.717, 1.165) is 60.9 Å². The van der Waals surface area contributed by atoms with Gasteiger partial charge in [0.25, 0.3) is 0 Å². The first-order valence-electron chi connectivity index (χ1n) is 24.4. The van der Waals surface area contributed by atoms with Crippen molar-refractivity contribution >= 4 is 34.9 Å². The van der Waals surface area contributed by atoms with Gasteiger partial charge in [0, 0.05) is 113 Å². The van der Waals surface area contributed by atoms with Gasteiger partial charge in [0.1, 0.15) is 0 Å². The van der Waals surface area contributed by atoms with E-state index in [1.54, 1.807) is 0 Å². The lowest BCUT2D eigenvalue weighted by molar-refractivity contribution is -0.134. The lowest BCUT2D eigenvalue weighted by Crippen LogP contribution is -2.50. The second-order valence-electron chi connectivity index (χ2n) is 17.6. The standard InChI is InChI=1S/2C21H32N4O.2C4H4O4/c2*1-2-8-19(9-3-1)24-15-13-23(14-16-24)11-6-7-17-26-21-18-20-10-4-5-12-25(20)22-21;2*5-3(6)1-2-4(7)8/h2*4-5,10,12,18-19H,1-3,6-9,11,13-17H2;2*1-2H,(H,5,6)(H,7,8)/b;;2*2-1-. The van der Waals surface area contributed by atoms with E-state index in [-0.39, 0.29) is 0 Å². The molecule has 2 saturated heterocycles. The average molecular weight is 945 g/mol. The van der Waals surface area contributed by atoms with Crippen molar-refractivity contribution in [2.24, 2.45) is 0 Å². The monoisotopic (exact) mass is 945 g/mol. The Kier molecular flexibility index (Phi) is 23.3. The number of hydrogen-bond donors (Lipinski definition) is 4.